The van der Waals surface area contributed by atoms with E-state index in [0.717, 1.165) is 20.9 Å². The lowest BCUT2D eigenvalue weighted by atomic mass is 10.2. The highest BCUT2D eigenvalue weighted by atomic mass is 79.9. The summed E-state index contributed by atoms with van der Waals surface area (Å²) in [6.45, 7) is 0.562. The Hall–Kier alpha value is -1.39. The van der Waals surface area contributed by atoms with E-state index in [1.54, 1.807) is 4.57 Å². The highest BCUT2D eigenvalue weighted by molar-refractivity contribution is 9.13. The van der Waals surface area contributed by atoms with Gasteiger partial charge in [0.1, 0.15) is 0 Å². The van der Waals surface area contributed by atoms with Crippen LogP contribution in [0.4, 0.5) is 0 Å². The van der Waals surface area contributed by atoms with Crippen LogP contribution in [-0.2, 0) is 6.54 Å². The van der Waals surface area contributed by atoms with Crippen LogP contribution < -0.4 is 5.56 Å². The highest BCUT2D eigenvalue weighted by Gasteiger charge is 2.12. The van der Waals surface area contributed by atoms with Crippen LogP contribution in [-0.4, -0.2) is 4.57 Å². The first-order valence-electron chi connectivity index (χ1n) is 6.19. The van der Waals surface area contributed by atoms with Crippen molar-refractivity contribution in [3.63, 3.8) is 0 Å². The maximum absolute atomic E-state index is 12.5. The van der Waals surface area contributed by atoms with Crippen molar-refractivity contribution in [2.75, 3.05) is 0 Å². The molecule has 0 spiro atoms. The Morgan fingerprint density at radius 1 is 0.850 bits per heavy atom. The first kappa shape index (κ1) is 13.6. The molecule has 0 saturated heterocycles. The van der Waals surface area contributed by atoms with Crippen LogP contribution in [0.3, 0.4) is 0 Å². The molecule has 3 aromatic rings. The number of hydrogen-bond donors (Lipinski definition) is 0. The summed E-state index contributed by atoms with van der Waals surface area (Å²) in [5.41, 5.74) is 2.00. The predicted octanol–water partition coefficient (Wildman–Crippen LogP) is 4.57. The molecule has 0 unspecified atom stereocenters. The highest BCUT2D eigenvalue weighted by Crippen LogP contribution is 2.28. The summed E-state index contributed by atoms with van der Waals surface area (Å²) in [5, 5.41) is 1.02. The zero-order valence-corrected chi connectivity index (χ0v) is 13.7. The lowest BCUT2D eigenvalue weighted by Gasteiger charge is -2.13. The van der Waals surface area contributed by atoms with E-state index in [4.69, 9.17) is 0 Å². The zero-order chi connectivity index (χ0) is 14.1. The molecule has 2 nitrogen and oxygen atoms in total. The van der Waals surface area contributed by atoms with Crippen molar-refractivity contribution in [1.29, 1.82) is 0 Å². The van der Waals surface area contributed by atoms with Crippen molar-refractivity contribution in [2.45, 2.75) is 6.54 Å². The molecule has 3 rings (SSSR count). The van der Waals surface area contributed by atoms with Crippen LogP contribution in [0.5, 0.6) is 0 Å². The average Bonchev–Trinajstić information content (AvgIpc) is 2.50. The summed E-state index contributed by atoms with van der Waals surface area (Å²) in [5.74, 6) is 0. The minimum atomic E-state index is -0.0283. The molecule has 100 valence electrons. The fraction of sp³-hybridized carbons (Fsp3) is 0.0625. The van der Waals surface area contributed by atoms with Gasteiger partial charge in [-0.1, -0.05) is 48.5 Å². The first-order valence-corrected chi connectivity index (χ1v) is 7.77. The van der Waals surface area contributed by atoms with Crippen LogP contribution in [0, 0.1) is 0 Å². The van der Waals surface area contributed by atoms with Gasteiger partial charge < -0.3 is 4.57 Å². The van der Waals surface area contributed by atoms with Crippen LogP contribution in [0.25, 0.3) is 10.9 Å². The van der Waals surface area contributed by atoms with Gasteiger partial charge in [0.25, 0.3) is 5.56 Å². The van der Waals surface area contributed by atoms with Crippen molar-refractivity contribution in [3.8, 4) is 0 Å². The van der Waals surface area contributed by atoms with E-state index in [0.29, 0.717) is 11.0 Å². The van der Waals surface area contributed by atoms with E-state index < -0.39 is 0 Å². The summed E-state index contributed by atoms with van der Waals surface area (Å²) in [6.07, 6.45) is 0. The van der Waals surface area contributed by atoms with Crippen LogP contribution >= 0.6 is 31.9 Å². The lowest BCUT2D eigenvalue weighted by Crippen LogP contribution is -2.22. The SMILES string of the molecule is O=c1c(Br)c(Br)c2ccccc2n1Cc1ccccc1. The van der Waals surface area contributed by atoms with Gasteiger partial charge in [0.05, 0.1) is 16.5 Å². The number of halogens is 2. The van der Waals surface area contributed by atoms with Crippen molar-refractivity contribution in [2.24, 2.45) is 0 Å². The summed E-state index contributed by atoms with van der Waals surface area (Å²) < 4.78 is 3.16. The summed E-state index contributed by atoms with van der Waals surface area (Å²) in [4.78, 5) is 12.5. The number of fused-ring (bicyclic) bond motifs is 1. The number of aromatic nitrogens is 1. The van der Waals surface area contributed by atoms with E-state index in [1.807, 2.05) is 54.6 Å². The molecule has 0 N–H and O–H groups in total. The maximum Gasteiger partial charge on any atom is 0.266 e. The van der Waals surface area contributed by atoms with Crippen molar-refractivity contribution >= 4 is 42.8 Å². The third kappa shape index (κ3) is 2.34. The fourth-order valence-corrected chi connectivity index (χ4v) is 3.19. The number of pyridine rings is 1. The Kier molecular flexibility index (Phi) is 3.76. The zero-order valence-electron chi connectivity index (χ0n) is 10.5. The molecule has 0 saturated carbocycles. The van der Waals surface area contributed by atoms with Gasteiger partial charge in [-0.3, -0.25) is 4.79 Å². The molecule has 0 bridgehead atoms. The van der Waals surface area contributed by atoms with Crippen molar-refractivity contribution < 1.29 is 0 Å². The standard InChI is InChI=1S/C16H11Br2NO/c17-14-12-8-4-5-9-13(12)19(16(20)15(14)18)10-11-6-2-1-3-7-11/h1-9H,10H2. The Labute approximate surface area is 133 Å². The second kappa shape index (κ2) is 5.54. The molecule has 0 radical (unpaired) electrons. The number of para-hydroxylation sites is 1. The Morgan fingerprint density at radius 2 is 1.50 bits per heavy atom. The molecule has 0 aliphatic carbocycles. The largest absolute Gasteiger partial charge is 0.303 e. The van der Waals surface area contributed by atoms with Gasteiger partial charge in [-0.2, -0.15) is 0 Å². The molecular weight excluding hydrogens is 382 g/mol. The lowest BCUT2D eigenvalue weighted by molar-refractivity contribution is 0.789. The molecular formula is C16H11Br2NO. The van der Waals surface area contributed by atoms with E-state index in [2.05, 4.69) is 31.9 Å². The molecule has 0 aliphatic rings. The summed E-state index contributed by atoms with van der Waals surface area (Å²) in [7, 11) is 0. The van der Waals surface area contributed by atoms with Crippen LogP contribution in [0.1, 0.15) is 5.56 Å². The Balaban J connectivity index is 2.27. The number of nitrogens with zero attached hydrogens (tertiary/aromatic N) is 1. The minimum absolute atomic E-state index is 0.0283. The molecule has 20 heavy (non-hydrogen) atoms. The second-order valence-electron chi connectivity index (χ2n) is 4.52. The van der Waals surface area contributed by atoms with Crippen LogP contribution in [0.15, 0.2) is 68.3 Å². The van der Waals surface area contributed by atoms with Crippen molar-refractivity contribution in [1.82, 2.24) is 4.57 Å². The molecule has 0 amide bonds. The Bertz CT molecular complexity index is 825. The van der Waals surface area contributed by atoms with Gasteiger partial charge in [0.15, 0.2) is 0 Å². The molecule has 1 heterocycles. The van der Waals surface area contributed by atoms with Gasteiger partial charge in [-0.25, -0.2) is 0 Å². The molecule has 0 atom stereocenters. The maximum atomic E-state index is 12.5. The summed E-state index contributed by atoms with van der Waals surface area (Å²) >= 11 is 6.88. The normalized spacial score (nSPS) is 10.9. The summed E-state index contributed by atoms with van der Waals surface area (Å²) in [6, 6.07) is 17.9. The van der Waals surface area contributed by atoms with E-state index in [-0.39, 0.29) is 5.56 Å². The second-order valence-corrected chi connectivity index (χ2v) is 6.11. The smallest absolute Gasteiger partial charge is 0.266 e. The van der Waals surface area contributed by atoms with E-state index in [1.165, 1.54) is 0 Å². The molecule has 2 aromatic carbocycles. The van der Waals surface area contributed by atoms with E-state index >= 15 is 0 Å². The number of benzene rings is 2. The first-order chi connectivity index (χ1) is 9.68. The molecule has 4 heteroatoms. The molecule has 0 fully saturated rings. The number of rotatable bonds is 2. The number of hydrogen-bond acceptors (Lipinski definition) is 1. The predicted molar refractivity (Wildman–Crippen MR) is 89.2 cm³/mol. The van der Waals surface area contributed by atoms with Crippen LogP contribution in [0.2, 0.25) is 0 Å². The topological polar surface area (TPSA) is 22.0 Å². The molecule has 1 aromatic heterocycles. The molecule has 0 aliphatic heterocycles. The fourth-order valence-electron chi connectivity index (χ4n) is 2.26. The van der Waals surface area contributed by atoms with Gasteiger partial charge in [-0.15, -0.1) is 0 Å². The third-order valence-electron chi connectivity index (χ3n) is 3.24. The Morgan fingerprint density at radius 3 is 2.25 bits per heavy atom. The monoisotopic (exact) mass is 391 g/mol. The van der Waals surface area contributed by atoms with Gasteiger partial charge in [-0.05, 0) is 43.5 Å². The van der Waals surface area contributed by atoms with Gasteiger partial charge in [0, 0.05) is 9.86 Å². The van der Waals surface area contributed by atoms with E-state index in [9.17, 15) is 4.79 Å². The van der Waals surface area contributed by atoms with Crippen molar-refractivity contribution in [3.05, 3.63) is 79.5 Å². The third-order valence-corrected chi connectivity index (χ3v) is 5.33. The average molecular weight is 393 g/mol. The minimum Gasteiger partial charge on any atom is -0.303 e. The van der Waals surface area contributed by atoms with Gasteiger partial charge in [0.2, 0.25) is 0 Å². The quantitative estimate of drug-likeness (QED) is 0.625. The van der Waals surface area contributed by atoms with Gasteiger partial charge >= 0.3 is 0 Å².